The van der Waals surface area contributed by atoms with Gasteiger partial charge in [-0.1, -0.05) is 24.3 Å². The van der Waals surface area contributed by atoms with E-state index in [0.29, 0.717) is 17.7 Å². The summed E-state index contributed by atoms with van der Waals surface area (Å²) in [6.45, 7) is 0.497. The summed E-state index contributed by atoms with van der Waals surface area (Å²) in [5.41, 5.74) is 4.53. The Kier molecular flexibility index (Phi) is 5.10. The van der Waals surface area contributed by atoms with Crippen molar-refractivity contribution < 1.29 is 5.11 Å². The van der Waals surface area contributed by atoms with E-state index in [1.165, 1.54) is 0 Å². The summed E-state index contributed by atoms with van der Waals surface area (Å²) in [6, 6.07) is 24.0. The summed E-state index contributed by atoms with van der Waals surface area (Å²) in [7, 11) is 0. The number of nitriles is 2. The number of phenols is 1. The highest BCUT2D eigenvalue weighted by atomic mass is 16.3. The van der Waals surface area contributed by atoms with Gasteiger partial charge in [-0.15, -0.1) is 10.2 Å². The molecule has 7 nitrogen and oxygen atoms in total. The molecule has 3 aromatic carbocycles. The summed E-state index contributed by atoms with van der Waals surface area (Å²) in [6.07, 6.45) is 3.19. The lowest BCUT2D eigenvalue weighted by molar-refractivity contribution is 0.475. The molecule has 1 N–H and O–H groups in total. The zero-order chi connectivity index (χ0) is 20.9. The van der Waals surface area contributed by atoms with Crippen LogP contribution in [0.2, 0.25) is 0 Å². The van der Waals surface area contributed by atoms with Gasteiger partial charge in [0, 0.05) is 5.56 Å². The summed E-state index contributed by atoms with van der Waals surface area (Å²) in [5, 5.41) is 38.0. The summed E-state index contributed by atoms with van der Waals surface area (Å²) >= 11 is 0. The van der Waals surface area contributed by atoms with E-state index in [1.54, 1.807) is 47.7 Å². The van der Waals surface area contributed by atoms with Gasteiger partial charge in [0.2, 0.25) is 0 Å². The Bertz CT molecular complexity index is 1230. The summed E-state index contributed by atoms with van der Waals surface area (Å²) < 4.78 is 1.76. The lowest BCUT2D eigenvalue weighted by Gasteiger charge is -2.26. The largest absolute Gasteiger partial charge is 0.508 e. The molecule has 0 aliphatic carbocycles. The number of hydrogen-bond acceptors (Lipinski definition) is 6. The monoisotopic (exact) mass is 392 g/mol. The first-order valence-corrected chi connectivity index (χ1v) is 9.13. The highest BCUT2D eigenvalue weighted by Gasteiger charge is 2.14. The Morgan fingerprint density at radius 3 is 2.20 bits per heavy atom. The van der Waals surface area contributed by atoms with Gasteiger partial charge in [-0.3, -0.25) is 5.01 Å². The van der Waals surface area contributed by atoms with Gasteiger partial charge in [0.15, 0.2) is 0 Å². The normalized spacial score (nSPS) is 10.2. The Hall–Kier alpha value is -4.62. The van der Waals surface area contributed by atoms with Crippen molar-refractivity contribution in [2.45, 2.75) is 6.54 Å². The topological polar surface area (TPSA) is 102 Å². The molecule has 4 aromatic rings. The minimum Gasteiger partial charge on any atom is -0.508 e. The Morgan fingerprint density at radius 1 is 0.867 bits per heavy atom. The van der Waals surface area contributed by atoms with E-state index < -0.39 is 0 Å². The van der Waals surface area contributed by atoms with Gasteiger partial charge >= 0.3 is 0 Å². The van der Waals surface area contributed by atoms with Crippen LogP contribution >= 0.6 is 0 Å². The number of aromatic hydroxyl groups is 1. The quantitative estimate of drug-likeness (QED) is 0.553. The summed E-state index contributed by atoms with van der Waals surface area (Å²) in [4.78, 5) is 0. The molecule has 1 aromatic heterocycles. The van der Waals surface area contributed by atoms with Crippen LogP contribution in [0.15, 0.2) is 79.4 Å². The summed E-state index contributed by atoms with van der Waals surface area (Å²) in [5.74, 6) is 0.205. The van der Waals surface area contributed by atoms with Crippen LogP contribution in [0.3, 0.4) is 0 Å². The van der Waals surface area contributed by atoms with Crippen molar-refractivity contribution in [1.29, 1.82) is 10.5 Å². The second-order valence-electron chi connectivity index (χ2n) is 6.60. The number of phenolic OH excluding ortho intramolecular Hbond substituents is 1. The zero-order valence-corrected chi connectivity index (χ0v) is 15.8. The molecule has 4 rings (SSSR count). The van der Waals surface area contributed by atoms with E-state index in [2.05, 4.69) is 22.3 Å². The lowest BCUT2D eigenvalue weighted by atomic mass is 9.98. The van der Waals surface area contributed by atoms with Gasteiger partial charge in [-0.05, 0) is 53.6 Å². The van der Waals surface area contributed by atoms with Gasteiger partial charge in [0.25, 0.3) is 0 Å². The van der Waals surface area contributed by atoms with E-state index >= 15 is 0 Å². The average molecular weight is 392 g/mol. The fourth-order valence-corrected chi connectivity index (χ4v) is 3.15. The molecule has 0 aliphatic rings. The number of rotatable bonds is 5. The molecule has 0 aliphatic heterocycles. The smallest absolute Gasteiger partial charge is 0.139 e. The van der Waals surface area contributed by atoms with Crippen LogP contribution in [0.25, 0.3) is 11.1 Å². The first-order valence-electron chi connectivity index (χ1n) is 9.13. The molecule has 30 heavy (non-hydrogen) atoms. The third-order valence-corrected chi connectivity index (χ3v) is 4.70. The molecule has 0 amide bonds. The molecule has 0 spiro atoms. The Morgan fingerprint density at radius 2 is 1.57 bits per heavy atom. The molecular formula is C23H16N6O. The van der Waals surface area contributed by atoms with Crippen molar-refractivity contribution in [1.82, 2.24) is 14.9 Å². The van der Waals surface area contributed by atoms with E-state index in [0.717, 1.165) is 22.4 Å². The maximum Gasteiger partial charge on any atom is 0.139 e. The van der Waals surface area contributed by atoms with Gasteiger partial charge in [0.05, 0.1) is 35.5 Å². The molecule has 1 heterocycles. The van der Waals surface area contributed by atoms with E-state index in [1.807, 2.05) is 41.4 Å². The number of benzene rings is 3. The molecule has 0 fully saturated rings. The van der Waals surface area contributed by atoms with Gasteiger partial charge in [0.1, 0.15) is 18.4 Å². The van der Waals surface area contributed by atoms with Crippen LogP contribution in [0, 0.1) is 22.7 Å². The van der Waals surface area contributed by atoms with Crippen molar-refractivity contribution in [3.05, 3.63) is 96.1 Å². The highest BCUT2D eigenvalue weighted by molar-refractivity contribution is 5.75. The van der Waals surface area contributed by atoms with Gasteiger partial charge in [-0.2, -0.15) is 10.5 Å². The number of anilines is 1. The third kappa shape index (κ3) is 3.82. The maximum absolute atomic E-state index is 9.59. The molecule has 7 heteroatoms. The van der Waals surface area contributed by atoms with Crippen LogP contribution in [0.4, 0.5) is 5.69 Å². The third-order valence-electron chi connectivity index (χ3n) is 4.70. The predicted molar refractivity (Wildman–Crippen MR) is 111 cm³/mol. The fraction of sp³-hybridized carbons (Fsp3) is 0.0435. The Balaban J connectivity index is 1.78. The standard InChI is InChI=1S/C23H16N6O/c24-12-17-1-5-19(6-2-17)23-11-21(8-7-20(23)13-25)29(28-15-26-27-16-28)14-18-3-9-22(30)10-4-18/h1-11,15-16,30H,14H2. The molecule has 0 bridgehead atoms. The molecule has 0 unspecified atom stereocenters. The lowest BCUT2D eigenvalue weighted by Crippen LogP contribution is -2.27. The van der Waals surface area contributed by atoms with Gasteiger partial charge < -0.3 is 5.11 Å². The number of nitrogens with zero attached hydrogens (tertiary/aromatic N) is 6. The number of hydrogen-bond donors (Lipinski definition) is 1. The van der Waals surface area contributed by atoms with Crippen LogP contribution in [0.5, 0.6) is 5.75 Å². The molecule has 0 saturated heterocycles. The Labute approximate surface area is 173 Å². The van der Waals surface area contributed by atoms with Crippen molar-refractivity contribution in [2.75, 3.05) is 5.01 Å². The molecule has 0 radical (unpaired) electrons. The van der Waals surface area contributed by atoms with Crippen molar-refractivity contribution in [3.8, 4) is 29.0 Å². The molecule has 0 saturated carbocycles. The first-order chi connectivity index (χ1) is 14.7. The minimum atomic E-state index is 0.205. The molecule has 0 atom stereocenters. The second kappa shape index (κ2) is 8.17. The van der Waals surface area contributed by atoms with Crippen molar-refractivity contribution in [2.24, 2.45) is 0 Å². The second-order valence-corrected chi connectivity index (χ2v) is 6.60. The van der Waals surface area contributed by atoms with Crippen LogP contribution in [-0.2, 0) is 6.54 Å². The van der Waals surface area contributed by atoms with Gasteiger partial charge in [-0.25, -0.2) is 4.68 Å². The van der Waals surface area contributed by atoms with E-state index in [9.17, 15) is 10.4 Å². The zero-order valence-electron chi connectivity index (χ0n) is 15.8. The van der Waals surface area contributed by atoms with Crippen molar-refractivity contribution in [3.63, 3.8) is 0 Å². The van der Waals surface area contributed by atoms with Crippen LogP contribution in [0.1, 0.15) is 16.7 Å². The molecular weight excluding hydrogens is 376 g/mol. The fourth-order valence-electron chi connectivity index (χ4n) is 3.15. The predicted octanol–water partition coefficient (Wildman–Crippen LogP) is 3.86. The van der Waals surface area contributed by atoms with Crippen LogP contribution < -0.4 is 5.01 Å². The van der Waals surface area contributed by atoms with Crippen molar-refractivity contribution >= 4 is 5.69 Å². The first kappa shape index (κ1) is 18.7. The highest BCUT2D eigenvalue weighted by Crippen LogP contribution is 2.30. The van der Waals surface area contributed by atoms with Crippen LogP contribution in [-0.4, -0.2) is 20.0 Å². The van der Waals surface area contributed by atoms with E-state index in [4.69, 9.17) is 5.26 Å². The maximum atomic E-state index is 9.59. The SMILES string of the molecule is N#Cc1ccc(-c2cc(N(Cc3ccc(O)cc3)n3cnnc3)ccc2C#N)cc1. The van der Waals surface area contributed by atoms with E-state index in [-0.39, 0.29) is 5.75 Å². The minimum absolute atomic E-state index is 0.205. The molecule has 144 valence electrons. The average Bonchev–Trinajstić information content (AvgIpc) is 3.33. The number of aromatic nitrogens is 3.